The first kappa shape index (κ1) is 38.8. The lowest BCUT2D eigenvalue weighted by Gasteiger charge is -2.45. The number of benzene rings is 11. The van der Waals surface area contributed by atoms with E-state index in [4.69, 9.17) is 0 Å². The summed E-state index contributed by atoms with van der Waals surface area (Å²) in [6, 6.07) is 90.7. The quantitative estimate of drug-likeness (QED) is 0.170. The summed E-state index contributed by atoms with van der Waals surface area (Å²) < 4.78 is 0. The lowest BCUT2D eigenvalue weighted by molar-refractivity contribution is 0.632. The molecule has 0 saturated carbocycles. The Morgan fingerprint density at radius 2 is 0.897 bits per heavy atom. The van der Waals surface area contributed by atoms with Crippen LogP contribution in [0.4, 0.5) is 34.1 Å². The van der Waals surface area contributed by atoms with E-state index < -0.39 is 10.8 Å². The van der Waals surface area contributed by atoms with Crippen LogP contribution < -0.4 is 9.80 Å². The zero-order valence-corrected chi connectivity index (χ0v) is 38.0. The SMILES string of the molecule is CC1(C)c2ccccc2N(c2c(-c3ccc4ccccc4c3)ccc3ccccc23)c2cccc(N(c3ccccc3)c3ccc4c(c3)C3(c5ccccc5-c5ccccc53)c3ccccc3-4)c21. The second-order valence-corrected chi connectivity index (χ2v) is 19.2. The maximum atomic E-state index is 2.58. The van der Waals surface area contributed by atoms with E-state index in [2.05, 4.69) is 266 Å². The topological polar surface area (TPSA) is 6.48 Å². The molecule has 14 rings (SSSR count). The van der Waals surface area contributed by atoms with Gasteiger partial charge in [0.1, 0.15) is 0 Å². The monoisotopic (exact) mass is 866 g/mol. The molecule has 68 heavy (non-hydrogen) atoms. The Bertz CT molecular complexity index is 3800. The van der Waals surface area contributed by atoms with Crippen molar-refractivity contribution in [2.45, 2.75) is 24.7 Å². The number of rotatable bonds is 5. The molecule has 3 aliphatic rings. The molecule has 2 nitrogen and oxygen atoms in total. The summed E-state index contributed by atoms with van der Waals surface area (Å²) in [5.41, 5.74) is 21.6. The predicted molar refractivity (Wildman–Crippen MR) is 285 cm³/mol. The Labute approximate surface area is 397 Å². The number of para-hydroxylation sites is 2. The molecule has 0 atom stereocenters. The van der Waals surface area contributed by atoms with Gasteiger partial charge in [-0.1, -0.05) is 208 Å². The highest BCUT2D eigenvalue weighted by Crippen LogP contribution is 2.64. The molecule has 0 aromatic heterocycles. The van der Waals surface area contributed by atoms with Gasteiger partial charge in [0.25, 0.3) is 0 Å². The Hall–Kier alpha value is -8.46. The molecule has 0 N–H and O–H groups in total. The molecule has 1 heterocycles. The second kappa shape index (κ2) is 14.5. The Morgan fingerprint density at radius 1 is 0.353 bits per heavy atom. The lowest BCUT2D eigenvalue weighted by atomic mass is 9.70. The van der Waals surface area contributed by atoms with Crippen molar-refractivity contribution < 1.29 is 0 Å². The molecule has 0 unspecified atom stereocenters. The average molecular weight is 867 g/mol. The van der Waals surface area contributed by atoms with Gasteiger partial charge in [-0.2, -0.15) is 0 Å². The Kier molecular flexibility index (Phi) is 8.28. The van der Waals surface area contributed by atoms with Crippen LogP contribution >= 0.6 is 0 Å². The second-order valence-electron chi connectivity index (χ2n) is 19.2. The summed E-state index contributed by atoms with van der Waals surface area (Å²) in [4.78, 5) is 5.11. The molecule has 11 aromatic carbocycles. The van der Waals surface area contributed by atoms with E-state index in [9.17, 15) is 0 Å². The molecule has 2 heteroatoms. The summed E-state index contributed by atoms with van der Waals surface area (Å²) in [5.74, 6) is 0. The third-order valence-electron chi connectivity index (χ3n) is 15.4. The van der Waals surface area contributed by atoms with Gasteiger partial charge in [-0.25, -0.2) is 0 Å². The van der Waals surface area contributed by atoms with Crippen LogP contribution in [0.5, 0.6) is 0 Å². The molecule has 1 aliphatic heterocycles. The smallest absolute Gasteiger partial charge is 0.0726 e. The maximum Gasteiger partial charge on any atom is 0.0726 e. The van der Waals surface area contributed by atoms with Crippen LogP contribution in [0, 0.1) is 0 Å². The van der Waals surface area contributed by atoms with E-state index in [0.29, 0.717) is 0 Å². The van der Waals surface area contributed by atoms with Gasteiger partial charge in [-0.3, -0.25) is 0 Å². The number of hydrogen-bond donors (Lipinski definition) is 0. The molecule has 0 amide bonds. The molecule has 11 aromatic rings. The fourth-order valence-electron chi connectivity index (χ4n) is 12.6. The molecular weight excluding hydrogens is 821 g/mol. The third kappa shape index (κ3) is 5.29. The zero-order valence-electron chi connectivity index (χ0n) is 38.0. The fourth-order valence-corrected chi connectivity index (χ4v) is 12.6. The van der Waals surface area contributed by atoms with E-state index in [1.54, 1.807) is 0 Å². The van der Waals surface area contributed by atoms with E-state index in [0.717, 1.165) is 17.1 Å². The van der Waals surface area contributed by atoms with Crippen molar-refractivity contribution in [3.63, 3.8) is 0 Å². The van der Waals surface area contributed by atoms with E-state index >= 15 is 0 Å². The van der Waals surface area contributed by atoms with Gasteiger partial charge in [-0.15, -0.1) is 0 Å². The van der Waals surface area contributed by atoms with Crippen molar-refractivity contribution >= 4 is 55.7 Å². The highest BCUT2D eigenvalue weighted by atomic mass is 15.2. The van der Waals surface area contributed by atoms with Gasteiger partial charge >= 0.3 is 0 Å². The first-order valence-corrected chi connectivity index (χ1v) is 23.8. The molecule has 0 radical (unpaired) electrons. The van der Waals surface area contributed by atoms with Gasteiger partial charge in [0.15, 0.2) is 0 Å². The lowest BCUT2D eigenvalue weighted by Crippen LogP contribution is -2.33. The fraction of sp³-hybridized carbons (Fsp3) is 0.0606. The van der Waals surface area contributed by atoms with Crippen LogP contribution in [0.3, 0.4) is 0 Å². The Balaban J connectivity index is 1.04. The normalized spacial score (nSPS) is 14.2. The van der Waals surface area contributed by atoms with Gasteiger partial charge in [0.05, 0.1) is 28.2 Å². The highest BCUT2D eigenvalue weighted by molar-refractivity contribution is 6.09. The number of hydrogen-bond acceptors (Lipinski definition) is 2. The molecule has 0 saturated heterocycles. The molecule has 2 aliphatic carbocycles. The molecule has 0 fully saturated rings. The summed E-state index contributed by atoms with van der Waals surface area (Å²) in [6.07, 6.45) is 0. The van der Waals surface area contributed by atoms with Crippen LogP contribution in [0.25, 0.3) is 54.9 Å². The zero-order chi connectivity index (χ0) is 45.1. The Morgan fingerprint density at radius 3 is 1.62 bits per heavy atom. The first-order valence-electron chi connectivity index (χ1n) is 23.8. The average Bonchev–Trinajstić information content (AvgIpc) is 3.86. The van der Waals surface area contributed by atoms with Crippen molar-refractivity contribution in [3.8, 4) is 33.4 Å². The van der Waals surface area contributed by atoms with Gasteiger partial charge in [0.2, 0.25) is 0 Å². The summed E-state index contributed by atoms with van der Waals surface area (Å²) >= 11 is 0. The largest absolute Gasteiger partial charge is 0.310 e. The van der Waals surface area contributed by atoms with Gasteiger partial charge in [-0.05, 0) is 120 Å². The minimum Gasteiger partial charge on any atom is -0.310 e. The third-order valence-corrected chi connectivity index (χ3v) is 15.4. The van der Waals surface area contributed by atoms with Crippen LogP contribution in [0.1, 0.15) is 47.2 Å². The molecule has 320 valence electrons. The number of fused-ring (bicyclic) bond motifs is 14. The van der Waals surface area contributed by atoms with Crippen molar-refractivity contribution in [3.05, 3.63) is 276 Å². The van der Waals surface area contributed by atoms with Crippen molar-refractivity contribution in [1.29, 1.82) is 0 Å². The van der Waals surface area contributed by atoms with Crippen LogP contribution in [-0.2, 0) is 10.8 Å². The van der Waals surface area contributed by atoms with Gasteiger partial charge in [0, 0.05) is 33.3 Å². The van der Waals surface area contributed by atoms with E-state index in [-0.39, 0.29) is 0 Å². The number of anilines is 6. The predicted octanol–water partition coefficient (Wildman–Crippen LogP) is 17.6. The van der Waals surface area contributed by atoms with Crippen LogP contribution in [0.2, 0.25) is 0 Å². The summed E-state index contributed by atoms with van der Waals surface area (Å²) in [7, 11) is 0. The van der Waals surface area contributed by atoms with Crippen LogP contribution in [0.15, 0.2) is 243 Å². The standard InChI is InChI=1S/C66H46N2/c1-65(2)58-31-16-17-32-60(58)68(64-49-24-9-8-20-44(49)37-39-50(64)46-36-35-43-19-6-7-21-45(43)41-46)62-34-18-33-61(63(62)65)67(47-22-4-3-5-23-47)48-38-40-54-53-27-12-15-30-57(53)66(59(54)42-48)55-28-13-10-25-51(55)52-26-11-14-29-56(52)66/h3-42H,1-2H3. The maximum absolute atomic E-state index is 2.58. The van der Waals surface area contributed by atoms with Crippen molar-refractivity contribution in [2.24, 2.45) is 0 Å². The number of nitrogens with zero attached hydrogens (tertiary/aromatic N) is 2. The van der Waals surface area contributed by atoms with Crippen LogP contribution in [-0.4, -0.2) is 0 Å². The first-order chi connectivity index (χ1) is 33.5. The highest BCUT2D eigenvalue weighted by Gasteiger charge is 2.52. The van der Waals surface area contributed by atoms with Gasteiger partial charge < -0.3 is 9.80 Å². The minimum atomic E-state index is -0.462. The summed E-state index contributed by atoms with van der Waals surface area (Å²) in [6.45, 7) is 4.84. The van der Waals surface area contributed by atoms with Crippen molar-refractivity contribution in [2.75, 3.05) is 9.80 Å². The molecule has 0 bridgehead atoms. The molecule has 1 spiro atoms. The van der Waals surface area contributed by atoms with E-state index in [1.807, 2.05) is 0 Å². The van der Waals surface area contributed by atoms with Crippen molar-refractivity contribution in [1.82, 2.24) is 0 Å². The summed E-state index contributed by atoms with van der Waals surface area (Å²) in [5, 5.41) is 4.89. The minimum absolute atomic E-state index is 0.392. The molecular formula is C66H46N2. The van der Waals surface area contributed by atoms with E-state index in [1.165, 1.54) is 105 Å².